The van der Waals surface area contributed by atoms with Crippen LogP contribution in [0, 0.1) is 0 Å². The summed E-state index contributed by atoms with van der Waals surface area (Å²) >= 11 is 18.1. The maximum Gasteiger partial charge on any atom is 0.0670 e. The summed E-state index contributed by atoms with van der Waals surface area (Å²) in [5.41, 5.74) is 4.30. The van der Waals surface area contributed by atoms with Crippen LogP contribution in [0.5, 0.6) is 0 Å². The summed E-state index contributed by atoms with van der Waals surface area (Å²) in [6.07, 6.45) is 0. The van der Waals surface area contributed by atoms with E-state index in [-0.39, 0.29) is 0 Å². The monoisotopic (exact) mass is 410 g/mol. The lowest BCUT2D eigenvalue weighted by molar-refractivity contribution is 1.62. The third-order valence-corrected chi connectivity index (χ3v) is 5.14. The molecule has 0 aliphatic heterocycles. The van der Waals surface area contributed by atoms with Crippen LogP contribution in [0.2, 0.25) is 15.1 Å². The second-order valence-electron chi connectivity index (χ2n) is 5.81. The molecule has 27 heavy (non-hydrogen) atoms. The van der Waals surface area contributed by atoms with Crippen molar-refractivity contribution in [1.82, 2.24) is 0 Å². The van der Waals surface area contributed by atoms with Crippen molar-refractivity contribution in [2.24, 2.45) is 0 Å². The Hall–Kier alpha value is -2.25. The van der Waals surface area contributed by atoms with Crippen LogP contribution < -0.4 is 0 Å². The van der Waals surface area contributed by atoms with Crippen molar-refractivity contribution in [1.29, 1.82) is 0 Å². The SMILES string of the molecule is Clc1cccc(-c2ccccc2)c1Cl.Clc1ccccc1-c1ccccc1. The van der Waals surface area contributed by atoms with Crippen molar-refractivity contribution < 1.29 is 0 Å². The zero-order valence-corrected chi connectivity index (χ0v) is 16.7. The first-order valence-corrected chi connectivity index (χ1v) is 9.59. The largest absolute Gasteiger partial charge is 0.0837 e. The molecule has 4 aromatic rings. The van der Waals surface area contributed by atoms with Crippen LogP contribution in [0.3, 0.4) is 0 Å². The second kappa shape index (κ2) is 9.62. The van der Waals surface area contributed by atoms with Crippen LogP contribution in [-0.2, 0) is 0 Å². The van der Waals surface area contributed by atoms with Crippen molar-refractivity contribution in [3.63, 3.8) is 0 Å². The molecular formula is C24H17Cl3. The average Bonchev–Trinajstić information content (AvgIpc) is 2.72. The van der Waals surface area contributed by atoms with Gasteiger partial charge in [0.15, 0.2) is 0 Å². The lowest BCUT2D eigenvalue weighted by Crippen LogP contribution is -1.79. The Morgan fingerprint density at radius 3 is 1.41 bits per heavy atom. The van der Waals surface area contributed by atoms with Gasteiger partial charge < -0.3 is 0 Å². The lowest BCUT2D eigenvalue weighted by atomic mass is 10.1. The number of rotatable bonds is 2. The van der Waals surface area contributed by atoms with Crippen molar-refractivity contribution >= 4 is 34.8 Å². The number of hydrogen-bond donors (Lipinski definition) is 0. The van der Waals surface area contributed by atoms with Gasteiger partial charge >= 0.3 is 0 Å². The molecule has 0 aliphatic rings. The summed E-state index contributed by atoms with van der Waals surface area (Å²) in [5, 5.41) is 2.00. The van der Waals surface area contributed by atoms with Gasteiger partial charge in [-0.15, -0.1) is 0 Å². The molecule has 3 heteroatoms. The normalized spacial score (nSPS) is 10.0. The zero-order chi connectivity index (χ0) is 19.1. The van der Waals surface area contributed by atoms with E-state index < -0.39 is 0 Å². The fourth-order valence-electron chi connectivity index (χ4n) is 2.66. The molecule has 0 atom stereocenters. The van der Waals surface area contributed by atoms with Gasteiger partial charge in [-0.3, -0.25) is 0 Å². The molecule has 0 fully saturated rings. The average molecular weight is 412 g/mol. The van der Waals surface area contributed by atoms with E-state index in [1.165, 1.54) is 0 Å². The minimum Gasteiger partial charge on any atom is -0.0837 e. The predicted octanol–water partition coefficient (Wildman–Crippen LogP) is 8.67. The molecule has 0 aromatic heterocycles. The molecule has 0 aliphatic carbocycles. The molecule has 0 N–H and O–H groups in total. The lowest BCUT2D eigenvalue weighted by Gasteiger charge is -2.04. The van der Waals surface area contributed by atoms with E-state index in [1.54, 1.807) is 6.07 Å². The minimum absolute atomic E-state index is 0.591. The zero-order valence-electron chi connectivity index (χ0n) is 14.4. The minimum atomic E-state index is 0.591. The summed E-state index contributed by atoms with van der Waals surface area (Å²) < 4.78 is 0. The van der Waals surface area contributed by atoms with Crippen molar-refractivity contribution in [2.45, 2.75) is 0 Å². The fourth-order valence-corrected chi connectivity index (χ4v) is 3.31. The molecule has 134 valence electrons. The highest BCUT2D eigenvalue weighted by Crippen LogP contribution is 2.33. The van der Waals surface area contributed by atoms with Crippen molar-refractivity contribution in [2.75, 3.05) is 0 Å². The quantitative estimate of drug-likeness (QED) is 0.309. The van der Waals surface area contributed by atoms with Gasteiger partial charge in [0.2, 0.25) is 0 Å². The number of halogens is 3. The van der Waals surface area contributed by atoms with Gasteiger partial charge in [-0.05, 0) is 23.3 Å². The van der Waals surface area contributed by atoms with E-state index in [2.05, 4.69) is 12.1 Å². The molecule has 0 heterocycles. The van der Waals surface area contributed by atoms with Gasteiger partial charge in [0.1, 0.15) is 0 Å². The van der Waals surface area contributed by atoms with Gasteiger partial charge in [0, 0.05) is 16.1 Å². The van der Waals surface area contributed by atoms with Crippen LogP contribution >= 0.6 is 34.8 Å². The Labute approximate surface area is 175 Å². The highest BCUT2D eigenvalue weighted by molar-refractivity contribution is 6.43. The van der Waals surface area contributed by atoms with Crippen LogP contribution in [0.15, 0.2) is 103 Å². The van der Waals surface area contributed by atoms with Crippen LogP contribution in [0.25, 0.3) is 22.3 Å². The van der Waals surface area contributed by atoms with E-state index in [1.807, 2.05) is 84.9 Å². The summed E-state index contributed by atoms with van der Waals surface area (Å²) in [6, 6.07) is 33.6. The van der Waals surface area contributed by atoms with E-state index >= 15 is 0 Å². The van der Waals surface area contributed by atoms with E-state index in [4.69, 9.17) is 34.8 Å². The van der Waals surface area contributed by atoms with Crippen LogP contribution in [-0.4, -0.2) is 0 Å². The third kappa shape index (κ3) is 5.14. The maximum absolute atomic E-state index is 6.10. The first-order valence-electron chi connectivity index (χ1n) is 8.46. The van der Waals surface area contributed by atoms with E-state index in [0.717, 1.165) is 27.3 Å². The van der Waals surface area contributed by atoms with Gasteiger partial charge in [-0.1, -0.05) is 126 Å². The molecule has 0 radical (unpaired) electrons. The van der Waals surface area contributed by atoms with E-state index in [9.17, 15) is 0 Å². The van der Waals surface area contributed by atoms with Crippen molar-refractivity contribution in [3.05, 3.63) is 118 Å². The Bertz CT molecular complexity index is 996. The molecule has 0 spiro atoms. The van der Waals surface area contributed by atoms with E-state index in [0.29, 0.717) is 10.0 Å². The summed E-state index contributed by atoms with van der Waals surface area (Å²) in [5.74, 6) is 0. The highest BCUT2D eigenvalue weighted by Gasteiger charge is 2.05. The number of benzene rings is 4. The first-order chi connectivity index (χ1) is 13.2. The fraction of sp³-hybridized carbons (Fsp3) is 0. The van der Waals surface area contributed by atoms with Crippen LogP contribution in [0.4, 0.5) is 0 Å². The maximum atomic E-state index is 6.10. The van der Waals surface area contributed by atoms with Gasteiger partial charge in [0.05, 0.1) is 10.0 Å². The molecule has 0 saturated heterocycles. The predicted molar refractivity (Wildman–Crippen MR) is 119 cm³/mol. The smallest absolute Gasteiger partial charge is 0.0670 e. The molecule has 0 unspecified atom stereocenters. The molecule has 0 amide bonds. The molecular weight excluding hydrogens is 395 g/mol. The van der Waals surface area contributed by atoms with Crippen LogP contribution in [0.1, 0.15) is 0 Å². The Morgan fingerprint density at radius 2 is 0.815 bits per heavy atom. The molecule has 0 bridgehead atoms. The molecule has 0 nitrogen and oxygen atoms in total. The van der Waals surface area contributed by atoms with Gasteiger partial charge in [0.25, 0.3) is 0 Å². The Balaban J connectivity index is 0.000000156. The van der Waals surface area contributed by atoms with Gasteiger partial charge in [-0.25, -0.2) is 0 Å². The standard InChI is InChI=1S/C12H8Cl2.C12H9Cl/c13-11-8-4-7-10(12(11)14)9-5-2-1-3-6-9;13-12-9-5-4-8-11(12)10-6-2-1-3-7-10/h1-8H;1-9H. The van der Waals surface area contributed by atoms with Crippen molar-refractivity contribution in [3.8, 4) is 22.3 Å². The highest BCUT2D eigenvalue weighted by atomic mass is 35.5. The summed E-state index contributed by atoms with van der Waals surface area (Å²) in [7, 11) is 0. The molecule has 4 rings (SSSR count). The first kappa shape index (κ1) is 19.5. The summed E-state index contributed by atoms with van der Waals surface area (Å²) in [6.45, 7) is 0. The Kier molecular flexibility index (Phi) is 6.95. The molecule has 0 saturated carbocycles. The summed E-state index contributed by atoms with van der Waals surface area (Å²) in [4.78, 5) is 0. The second-order valence-corrected chi connectivity index (χ2v) is 7.01. The third-order valence-electron chi connectivity index (χ3n) is 4.00. The Morgan fingerprint density at radius 1 is 0.370 bits per heavy atom. The van der Waals surface area contributed by atoms with Gasteiger partial charge in [-0.2, -0.15) is 0 Å². The topological polar surface area (TPSA) is 0 Å². The number of hydrogen-bond acceptors (Lipinski definition) is 0. The molecule has 4 aromatic carbocycles.